The highest BCUT2D eigenvalue weighted by Gasteiger charge is 2.34. The van der Waals surface area contributed by atoms with Gasteiger partial charge < -0.3 is 14.7 Å². The predicted molar refractivity (Wildman–Crippen MR) is 77.6 cm³/mol. The molecule has 20 heavy (non-hydrogen) atoms. The number of amides is 1. The van der Waals surface area contributed by atoms with E-state index < -0.39 is 5.60 Å². The summed E-state index contributed by atoms with van der Waals surface area (Å²) in [5.74, 6) is 0.746. The molecule has 1 aliphatic carbocycles. The van der Waals surface area contributed by atoms with Crippen LogP contribution in [-0.2, 0) is 4.74 Å². The fourth-order valence-corrected chi connectivity index (χ4v) is 3.18. The number of nitrogens with zero attached hydrogens (tertiary/aromatic N) is 2. The number of aliphatic hydroxyl groups is 1. The van der Waals surface area contributed by atoms with Crippen molar-refractivity contribution >= 4 is 6.09 Å². The third kappa shape index (κ3) is 4.09. The van der Waals surface area contributed by atoms with Crippen LogP contribution in [0.15, 0.2) is 0 Å². The minimum Gasteiger partial charge on any atom is -0.450 e. The van der Waals surface area contributed by atoms with Crippen LogP contribution in [0.5, 0.6) is 0 Å². The Morgan fingerprint density at radius 3 is 2.40 bits per heavy atom. The first-order valence-electron chi connectivity index (χ1n) is 7.89. The first-order valence-corrected chi connectivity index (χ1v) is 7.89. The molecule has 0 unspecified atom stereocenters. The molecule has 0 aromatic rings. The molecule has 2 aliphatic rings. The van der Waals surface area contributed by atoms with E-state index in [-0.39, 0.29) is 6.09 Å². The van der Waals surface area contributed by atoms with Crippen LogP contribution in [0.1, 0.15) is 39.5 Å². The van der Waals surface area contributed by atoms with E-state index in [0.717, 1.165) is 51.2 Å². The van der Waals surface area contributed by atoms with Crippen molar-refractivity contribution in [2.45, 2.75) is 45.1 Å². The summed E-state index contributed by atoms with van der Waals surface area (Å²) in [4.78, 5) is 15.7. The number of hydrogen-bond acceptors (Lipinski definition) is 4. The van der Waals surface area contributed by atoms with Crippen LogP contribution in [0.2, 0.25) is 0 Å². The van der Waals surface area contributed by atoms with Crippen LogP contribution >= 0.6 is 0 Å². The zero-order valence-electron chi connectivity index (χ0n) is 12.8. The van der Waals surface area contributed by atoms with Crippen molar-refractivity contribution in [1.82, 2.24) is 9.80 Å². The molecule has 0 aromatic heterocycles. The zero-order chi connectivity index (χ0) is 14.6. The summed E-state index contributed by atoms with van der Waals surface area (Å²) in [5, 5.41) is 10.7. The average Bonchev–Trinajstić information content (AvgIpc) is 2.43. The molecule has 2 rings (SSSR count). The van der Waals surface area contributed by atoms with Crippen LogP contribution in [-0.4, -0.2) is 65.9 Å². The third-order valence-corrected chi connectivity index (χ3v) is 4.62. The molecule has 0 atom stereocenters. The number of piperazine rings is 1. The molecular weight excluding hydrogens is 256 g/mol. The highest BCUT2D eigenvalue weighted by atomic mass is 16.6. The average molecular weight is 284 g/mol. The minimum absolute atomic E-state index is 0.211. The monoisotopic (exact) mass is 284 g/mol. The standard InChI is InChI=1S/C15H28N2O3/c1-3-20-14(18)17-10-8-16(9-11-17)12-15(19)6-4-13(2)5-7-15/h13,19H,3-12H2,1-2H3. The first-order chi connectivity index (χ1) is 9.52. The van der Waals surface area contributed by atoms with Gasteiger partial charge in [0.05, 0.1) is 12.2 Å². The van der Waals surface area contributed by atoms with Crippen molar-refractivity contribution in [3.8, 4) is 0 Å². The van der Waals surface area contributed by atoms with Gasteiger partial charge in [-0.3, -0.25) is 4.90 Å². The molecule has 0 radical (unpaired) electrons. The van der Waals surface area contributed by atoms with E-state index >= 15 is 0 Å². The Labute approximate surface area is 121 Å². The van der Waals surface area contributed by atoms with Crippen molar-refractivity contribution in [1.29, 1.82) is 0 Å². The maximum Gasteiger partial charge on any atom is 0.409 e. The summed E-state index contributed by atoms with van der Waals surface area (Å²) in [6, 6.07) is 0. The van der Waals surface area contributed by atoms with Crippen LogP contribution in [0, 0.1) is 5.92 Å². The van der Waals surface area contributed by atoms with Crippen LogP contribution < -0.4 is 0 Å². The van der Waals surface area contributed by atoms with Gasteiger partial charge in [0.2, 0.25) is 0 Å². The molecule has 1 amide bonds. The van der Waals surface area contributed by atoms with Gasteiger partial charge in [-0.15, -0.1) is 0 Å². The summed E-state index contributed by atoms with van der Waals surface area (Å²) in [7, 11) is 0. The van der Waals surface area contributed by atoms with Gasteiger partial charge in [-0.25, -0.2) is 4.79 Å². The van der Waals surface area contributed by atoms with Crippen LogP contribution in [0.4, 0.5) is 4.79 Å². The second-order valence-electron chi connectivity index (χ2n) is 6.37. The molecule has 1 aliphatic heterocycles. The molecule has 0 aromatic carbocycles. The molecule has 1 heterocycles. The van der Waals surface area contributed by atoms with Gasteiger partial charge in [-0.05, 0) is 38.5 Å². The second kappa shape index (κ2) is 6.76. The molecule has 5 heteroatoms. The highest BCUT2D eigenvalue weighted by Crippen LogP contribution is 2.32. The van der Waals surface area contributed by atoms with Crippen molar-refractivity contribution < 1.29 is 14.6 Å². The fourth-order valence-electron chi connectivity index (χ4n) is 3.18. The van der Waals surface area contributed by atoms with Crippen molar-refractivity contribution in [3.63, 3.8) is 0 Å². The summed E-state index contributed by atoms with van der Waals surface area (Å²) in [6.07, 6.45) is 3.86. The van der Waals surface area contributed by atoms with Gasteiger partial charge in [0.25, 0.3) is 0 Å². The topological polar surface area (TPSA) is 53.0 Å². The summed E-state index contributed by atoms with van der Waals surface area (Å²) in [6.45, 7) is 8.32. The van der Waals surface area contributed by atoms with Gasteiger partial charge in [0.15, 0.2) is 0 Å². The Kier molecular flexibility index (Phi) is 5.27. The number of ether oxygens (including phenoxy) is 1. The quantitative estimate of drug-likeness (QED) is 0.857. The van der Waals surface area contributed by atoms with Crippen molar-refractivity contribution in [2.24, 2.45) is 5.92 Å². The van der Waals surface area contributed by atoms with Gasteiger partial charge in [-0.2, -0.15) is 0 Å². The van der Waals surface area contributed by atoms with E-state index in [2.05, 4.69) is 11.8 Å². The minimum atomic E-state index is -0.515. The van der Waals surface area contributed by atoms with Gasteiger partial charge >= 0.3 is 6.09 Å². The highest BCUT2D eigenvalue weighted by molar-refractivity contribution is 5.67. The Hall–Kier alpha value is -0.810. The SMILES string of the molecule is CCOC(=O)N1CCN(CC2(O)CCC(C)CC2)CC1. The molecule has 5 nitrogen and oxygen atoms in total. The number of carbonyl (C=O) groups excluding carboxylic acids is 1. The van der Waals surface area contributed by atoms with E-state index in [1.54, 1.807) is 4.90 Å². The zero-order valence-corrected chi connectivity index (χ0v) is 12.8. The van der Waals surface area contributed by atoms with Gasteiger partial charge in [0, 0.05) is 32.7 Å². The molecule has 0 spiro atoms. The molecule has 0 bridgehead atoms. The largest absolute Gasteiger partial charge is 0.450 e. The smallest absolute Gasteiger partial charge is 0.409 e. The summed E-state index contributed by atoms with van der Waals surface area (Å²) < 4.78 is 5.02. The Balaban J connectivity index is 1.75. The first kappa shape index (κ1) is 15.6. The normalized spacial score (nSPS) is 32.1. The number of rotatable bonds is 3. The Morgan fingerprint density at radius 1 is 1.25 bits per heavy atom. The number of β-amino-alcohol motifs (C(OH)–C–C–N with tert-alkyl or cyclic N) is 1. The van der Waals surface area contributed by atoms with E-state index in [1.807, 2.05) is 6.92 Å². The lowest BCUT2D eigenvalue weighted by Crippen LogP contribution is -2.54. The summed E-state index contributed by atoms with van der Waals surface area (Å²) in [5.41, 5.74) is -0.515. The lowest BCUT2D eigenvalue weighted by atomic mass is 9.79. The number of hydrogen-bond donors (Lipinski definition) is 1. The van der Waals surface area contributed by atoms with Gasteiger partial charge in [-0.1, -0.05) is 6.92 Å². The predicted octanol–water partition coefficient (Wildman–Crippen LogP) is 1.70. The Morgan fingerprint density at radius 2 is 1.85 bits per heavy atom. The van der Waals surface area contributed by atoms with E-state index in [1.165, 1.54) is 0 Å². The molecule has 1 N–H and O–H groups in total. The van der Waals surface area contributed by atoms with Crippen molar-refractivity contribution in [3.05, 3.63) is 0 Å². The molecule has 2 fully saturated rings. The second-order valence-corrected chi connectivity index (χ2v) is 6.37. The van der Waals surface area contributed by atoms with E-state index in [9.17, 15) is 9.90 Å². The maximum atomic E-state index is 11.6. The van der Waals surface area contributed by atoms with Crippen molar-refractivity contribution in [2.75, 3.05) is 39.3 Å². The van der Waals surface area contributed by atoms with Crippen LogP contribution in [0.3, 0.4) is 0 Å². The Bertz CT molecular complexity index is 319. The van der Waals surface area contributed by atoms with E-state index in [4.69, 9.17) is 4.74 Å². The maximum absolute atomic E-state index is 11.6. The lowest BCUT2D eigenvalue weighted by molar-refractivity contribution is -0.0426. The summed E-state index contributed by atoms with van der Waals surface area (Å²) >= 11 is 0. The molecular formula is C15H28N2O3. The van der Waals surface area contributed by atoms with Crippen LogP contribution in [0.25, 0.3) is 0 Å². The van der Waals surface area contributed by atoms with E-state index in [0.29, 0.717) is 19.7 Å². The third-order valence-electron chi connectivity index (χ3n) is 4.62. The molecule has 1 saturated heterocycles. The molecule has 1 saturated carbocycles. The lowest BCUT2D eigenvalue weighted by Gasteiger charge is -2.41. The molecule has 116 valence electrons. The number of carbonyl (C=O) groups is 1. The van der Waals surface area contributed by atoms with Gasteiger partial charge in [0.1, 0.15) is 0 Å². The fraction of sp³-hybridized carbons (Fsp3) is 0.933.